The van der Waals surface area contributed by atoms with E-state index in [9.17, 15) is 9.13 Å². The Morgan fingerprint density at radius 1 is 1.00 bits per heavy atom. The Morgan fingerprint density at radius 2 is 1.43 bits per heavy atom. The number of hydrogen-bond acceptors (Lipinski definition) is 2. The van der Waals surface area contributed by atoms with Gasteiger partial charge in [0.2, 0.25) is 0 Å². The molecule has 0 heterocycles. The van der Waals surface area contributed by atoms with Gasteiger partial charge in [0.1, 0.15) is 0 Å². The average molecular weight is 358 g/mol. The summed E-state index contributed by atoms with van der Waals surface area (Å²) in [5.41, 5.74) is 0. The number of rotatable bonds is 6. The maximum Gasteiger partial charge on any atom is 0.340 e. The highest BCUT2D eigenvalue weighted by Crippen LogP contribution is 2.61. The Morgan fingerprint density at radius 3 is 1.71 bits per heavy atom. The normalized spacial score (nSPS) is 13.6. The average Bonchev–Trinajstić information content (AvgIpc) is 1.92. The minimum absolute atomic E-state index is 0.141. The van der Waals surface area contributed by atoms with Crippen LogP contribution in [0.4, 0.5) is 0 Å². The largest absolute Gasteiger partial charge is 0.340 e. The van der Waals surface area contributed by atoms with Crippen LogP contribution in [0.3, 0.4) is 0 Å². The Labute approximate surface area is 95.6 Å². The van der Waals surface area contributed by atoms with Crippen molar-refractivity contribution < 1.29 is 28.7 Å². The minimum atomic E-state index is -4.70. The molecule has 0 atom stereocenters. The Hall–Kier alpha value is 1.03. The minimum Gasteiger partial charge on any atom is -0.324 e. The van der Waals surface area contributed by atoms with Crippen LogP contribution >= 0.6 is 37.8 Å². The number of hydrogen-bond donors (Lipinski definition) is 4. The van der Waals surface area contributed by atoms with Gasteiger partial charge >= 0.3 is 15.2 Å². The molecule has 0 aliphatic carbocycles. The second kappa shape index (κ2) is 5.94. The summed E-state index contributed by atoms with van der Waals surface area (Å²) < 4.78 is 22.3. The van der Waals surface area contributed by atoms with E-state index in [-0.39, 0.29) is 6.42 Å². The molecule has 86 valence electrons. The highest BCUT2D eigenvalue weighted by atomic mass is 127. The van der Waals surface area contributed by atoms with Gasteiger partial charge in [-0.3, -0.25) is 9.13 Å². The zero-order valence-corrected chi connectivity index (χ0v) is 11.2. The summed E-state index contributed by atoms with van der Waals surface area (Å²) >= 11 is 2.09. The molecule has 0 unspecified atom stereocenters. The molecule has 0 amide bonds. The highest BCUT2D eigenvalue weighted by molar-refractivity contribution is 14.1. The van der Waals surface area contributed by atoms with E-state index in [2.05, 4.69) is 22.6 Å². The predicted octanol–water partition coefficient (Wildman–Crippen LogP) is 1.27. The molecular formula is C5H13IO6P2. The van der Waals surface area contributed by atoms with Gasteiger partial charge in [-0.25, -0.2) is 0 Å². The fourth-order valence-electron chi connectivity index (χ4n) is 0.954. The van der Waals surface area contributed by atoms with Gasteiger partial charge in [0.15, 0.2) is 5.40 Å². The van der Waals surface area contributed by atoms with E-state index in [1.165, 1.54) is 0 Å². The van der Waals surface area contributed by atoms with Gasteiger partial charge in [0.05, 0.1) is 0 Å². The fourth-order valence-corrected chi connectivity index (χ4v) is 4.10. The summed E-state index contributed by atoms with van der Waals surface area (Å²) in [5.74, 6) is 0. The monoisotopic (exact) mass is 358 g/mol. The van der Waals surface area contributed by atoms with Crippen molar-refractivity contribution in [2.24, 2.45) is 0 Å². The molecule has 9 heteroatoms. The second-order valence-electron chi connectivity index (χ2n) is 2.84. The van der Waals surface area contributed by atoms with E-state index in [0.29, 0.717) is 12.8 Å². The first-order valence-electron chi connectivity index (χ1n) is 3.86. The summed E-state index contributed by atoms with van der Waals surface area (Å²) in [6.07, 6.45) is 0.957. The van der Waals surface area contributed by atoms with Crippen LogP contribution < -0.4 is 0 Å². The fraction of sp³-hybridized carbons (Fsp3) is 1.00. The summed E-state index contributed by atoms with van der Waals surface area (Å²) in [4.78, 5) is 34.9. The van der Waals surface area contributed by atoms with Crippen molar-refractivity contribution in [3.05, 3.63) is 0 Å². The van der Waals surface area contributed by atoms with E-state index >= 15 is 0 Å². The molecule has 0 aromatic carbocycles. The van der Waals surface area contributed by atoms with Crippen LogP contribution in [0.5, 0.6) is 0 Å². The van der Waals surface area contributed by atoms with E-state index < -0.39 is 20.6 Å². The first-order valence-corrected chi connectivity index (χ1v) is 8.75. The van der Waals surface area contributed by atoms with Crippen LogP contribution in [0.15, 0.2) is 0 Å². The summed E-state index contributed by atoms with van der Waals surface area (Å²) in [7, 11) is -9.41. The lowest BCUT2D eigenvalue weighted by atomic mass is 10.3. The Balaban J connectivity index is 4.45. The van der Waals surface area contributed by atoms with E-state index in [0.717, 1.165) is 4.43 Å². The summed E-state index contributed by atoms with van der Waals surface area (Å²) in [6.45, 7) is 0. The lowest BCUT2D eigenvalue weighted by molar-refractivity contribution is 0.334. The smallest absolute Gasteiger partial charge is 0.324 e. The van der Waals surface area contributed by atoms with Crippen molar-refractivity contribution in [3.8, 4) is 0 Å². The van der Waals surface area contributed by atoms with Crippen LogP contribution in [0.25, 0.3) is 0 Å². The quantitative estimate of drug-likeness (QED) is 0.246. The maximum atomic E-state index is 10.8. The zero-order chi connectivity index (χ0) is 11.4. The van der Waals surface area contributed by atoms with Gasteiger partial charge in [0, 0.05) is 0 Å². The molecule has 0 aromatic rings. The first-order chi connectivity index (χ1) is 6.19. The second-order valence-corrected chi connectivity index (χ2v) is 7.93. The Kier molecular flexibility index (Phi) is 6.37. The van der Waals surface area contributed by atoms with Crippen LogP contribution in [-0.4, -0.2) is 29.4 Å². The van der Waals surface area contributed by atoms with E-state index in [4.69, 9.17) is 19.6 Å². The number of alkyl halides is 1. The van der Waals surface area contributed by atoms with Gasteiger partial charge in [-0.05, 0) is 17.3 Å². The van der Waals surface area contributed by atoms with Crippen LogP contribution in [0.1, 0.15) is 19.3 Å². The van der Waals surface area contributed by atoms with Crippen molar-refractivity contribution in [2.75, 3.05) is 4.43 Å². The van der Waals surface area contributed by atoms with Gasteiger partial charge in [0.25, 0.3) is 0 Å². The van der Waals surface area contributed by atoms with Crippen molar-refractivity contribution >= 4 is 37.8 Å². The SMILES string of the molecule is O=P(O)(O)C(CCCCI)P(=O)(O)O. The molecule has 0 rings (SSSR count). The summed E-state index contributed by atoms with van der Waals surface area (Å²) in [5, 5.41) is -1.84. The molecular weight excluding hydrogens is 345 g/mol. The van der Waals surface area contributed by atoms with Crippen LogP contribution in [0, 0.1) is 0 Å². The van der Waals surface area contributed by atoms with Crippen molar-refractivity contribution in [2.45, 2.75) is 24.7 Å². The summed E-state index contributed by atoms with van der Waals surface area (Å²) in [6, 6.07) is 0. The van der Waals surface area contributed by atoms with Crippen LogP contribution in [0.2, 0.25) is 0 Å². The molecule has 4 N–H and O–H groups in total. The molecule has 0 aliphatic heterocycles. The van der Waals surface area contributed by atoms with Gasteiger partial charge in [-0.2, -0.15) is 0 Å². The lowest BCUT2D eigenvalue weighted by Gasteiger charge is -2.18. The third-order valence-electron chi connectivity index (χ3n) is 1.62. The number of halogens is 1. The van der Waals surface area contributed by atoms with Crippen molar-refractivity contribution in [3.63, 3.8) is 0 Å². The molecule has 0 saturated carbocycles. The molecule has 6 nitrogen and oxygen atoms in total. The zero-order valence-electron chi connectivity index (χ0n) is 7.28. The molecule has 0 spiro atoms. The molecule has 0 bridgehead atoms. The third kappa shape index (κ3) is 5.80. The first kappa shape index (κ1) is 15.0. The molecule has 0 fully saturated rings. The predicted molar refractivity (Wildman–Crippen MR) is 60.6 cm³/mol. The molecule has 0 radical (unpaired) electrons. The Bertz CT molecular complexity index is 235. The molecule has 0 aromatic heterocycles. The van der Waals surface area contributed by atoms with E-state index in [1.54, 1.807) is 0 Å². The maximum absolute atomic E-state index is 10.8. The lowest BCUT2D eigenvalue weighted by Crippen LogP contribution is -2.09. The molecule has 14 heavy (non-hydrogen) atoms. The topological polar surface area (TPSA) is 115 Å². The van der Waals surface area contributed by atoms with E-state index in [1.807, 2.05) is 0 Å². The van der Waals surface area contributed by atoms with Gasteiger partial charge < -0.3 is 19.6 Å². The van der Waals surface area contributed by atoms with Crippen molar-refractivity contribution in [1.82, 2.24) is 0 Å². The highest BCUT2D eigenvalue weighted by Gasteiger charge is 2.42. The van der Waals surface area contributed by atoms with Crippen molar-refractivity contribution in [1.29, 1.82) is 0 Å². The number of unbranched alkanes of at least 4 members (excludes halogenated alkanes) is 1. The molecule has 0 saturated heterocycles. The standard InChI is InChI=1S/C5H13IO6P2/c6-4-2-1-3-5(13(7,8)9)14(10,11)12/h5H,1-4H2,(H2,7,8,9)(H2,10,11,12). The molecule has 0 aliphatic rings. The van der Waals surface area contributed by atoms with Gasteiger partial charge in [-0.1, -0.05) is 29.0 Å². The third-order valence-corrected chi connectivity index (χ3v) is 6.26. The van der Waals surface area contributed by atoms with Gasteiger partial charge in [-0.15, -0.1) is 0 Å². The van der Waals surface area contributed by atoms with Crippen LogP contribution in [-0.2, 0) is 9.13 Å².